The van der Waals surface area contributed by atoms with Crippen LogP contribution in [0, 0.1) is 0 Å². The molecule has 0 fully saturated rings. The zero-order valence-corrected chi connectivity index (χ0v) is 11.7. The highest BCUT2D eigenvalue weighted by molar-refractivity contribution is 9.08. The molecule has 2 heterocycles. The fraction of sp³-hybridized carbons (Fsp3) is 0.167. The lowest BCUT2D eigenvalue weighted by atomic mass is 10.1. The highest BCUT2D eigenvalue weighted by Crippen LogP contribution is 2.18. The summed E-state index contributed by atoms with van der Waals surface area (Å²) in [7, 11) is 0. The summed E-state index contributed by atoms with van der Waals surface area (Å²) in [5.41, 5.74) is 4.26. The van der Waals surface area contributed by atoms with Gasteiger partial charge in [0.15, 0.2) is 0 Å². The molecule has 2 nitrogen and oxygen atoms in total. The van der Waals surface area contributed by atoms with Crippen LogP contribution in [0.2, 0.25) is 0 Å². The maximum absolute atomic E-state index is 4.33. The van der Waals surface area contributed by atoms with Gasteiger partial charge in [-0.2, -0.15) is 0 Å². The van der Waals surface area contributed by atoms with Crippen molar-refractivity contribution in [2.45, 2.75) is 10.7 Å². The van der Waals surface area contributed by atoms with Gasteiger partial charge in [0.05, 0.1) is 11.4 Å². The Labute approximate surface area is 111 Å². The first-order chi connectivity index (χ1) is 7.83. The third-order valence-corrected chi connectivity index (χ3v) is 3.41. The molecule has 0 atom stereocenters. The molecule has 2 aromatic heterocycles. The SMILES string of the molecule is BrCc1ccc(-c2ccc(CBr)nc2)cn1. The van der Waals surface area contributed by atoms with Crippen molar-refractivity contribution in [3.05, 3.63) is 48.0 Å². The van der Waals surface area contributed by atoms with Crippen molar-refractivity contribution < 1.29 is 0 Å². The zero-order valence-electron chi connectivity index (χ0n) is 8.53. The minimum atomic E-state index is 0.786. The van der Waals surface area contributed by atoms with Crippen molar-refractivity contribution in [3.8, 4) is 11.1 Å². The van der Waals surface area contributed by atoms with Crippen LogP contribution in [0.3, 0.4) is 0 Å². The Morgan fingerprint density at radius 3 is 1.44 bits per heavy atom. The minimum Gasteiger partial charge on any atom is -0.260 e. The first-order valence-corrected chi connectivity index (χ1v) is 7.10. The van der Waals surface area contributed by atoms with E-state index in [0.717, 1.165) is 33.2 Å². The summed E-state index contributed by atoms with van der Waals surface area (Å²) in [6.45, 7) is 0. The number of hydrogen-bond donors (Lipinski definition) is 0. The molecule has 0 N–H and O–H groups in total. The van der Waals surface area contributed by atoms with Crippen LogP contribution >= 0.6 is 31.9 Å². The summed E-state index contributed by atoms with van der Waals surface area (Å²) in [4.78, 5) is 8.66. The molecule has 0 aliphatic carbocycles. The molecule has 0 saturated heterocycles. The van der Waals surface area contributed by atoms with E-state index in [9.17, 15) is 0 Å². The van der Waals surface area contributed by atoms with E-state index in [2.05, 4.69) is 54.0 Å². The van der Waals surface area contributed by atoms with E-state index in [-0.39, 0.29) is 0 Å². The monoisotopic (exact) mass is 340 g/mol. The van der Waals surface area contributed by atoms with Crippen LogP contribution in [0.25, 0.3) is 11.1 Å². The second kappa shape index (κ2) is 5.55. The van der Waals surface area contributed by atoms with Crippen LogP contribution in [0.4, 0.5) is 0 Å². The van der Waals surface area contributed by atoms with Gasteiger partial charge in [-0.15, -0.1) is 0 Å². The average molecular weight is 342 g/mol. The lowest BCUT2D eigenvalue weighted by molar-refractivity contribution is 1.17. The zero-order chi connectivity index (χ0) is 11.4. The van der Waals surface area contributed by atoms with Gasteiger partial charge in [-0.3, -0.25) is 9.97 Å². The number of aromatic nitrogens is 2. The fourth-order valence-electron chi connectivity index (χ4n) is 1.35. The van der Waals surface area contributed by atoms with Crippen molar-refractivity contribution >= 4 is 31.9 Å². The van der Waals surface area contributed by atoms with Gasteiger partial charge in [0.25, 0.3) is 0 Å². The lowest BCUT2D eigenvalue weighted by Crippen LogP contribution is -1.88. The Balaban J connectivity index is 2.28. The van der Waals surface area contributed by atoms with E-state index < -0.39 is 0 Å². The topological polar surface area (TPSA) is 25.8 Å². The Hall–Kier alpha value is -0.740. The summed E-state index contributed by atoms with van der Waals surface area (Å²) >= 11 is 6.75. The smallest absolute Gasteiger partial charge is 0.0509 e. The molecule has 0 radical (unpaired) electrons. The Morgan fingerprint density at radius 2 is 1.19 bits per heavy atom. The predicted octanol–water partition coefficient (Wildman–Crippen LogP) is 3.93. The second-order valence-corrected chi connectivity index (χ2v) is 4.47. The van der Waals surface area contributed by atoms with E-state index in [1.54, 1.807) is 0 Å². The van der Waals surface area contributed by atoms with Gasteiger partial charge in [-0.05, 0) is 12.1 Å². The van der Waals surface area contributed by atoms with Gasteiger partial charge >= 0.3 is 0 Å². The molecule has 0 saturated carbocycles. The van der Waals surface area contributed by atoms with E-state index in [4.69, 9.17) is 0 Å². The van der Waals surface area contributed by atoms with Crippen molar-refractivity contribution in [1.82, 2.24) is 9.97 Å². The number of rotatable bonds is 3. The molecule has 0 aliphatic heterocycles. The van der Waals surface area contributed by atoms with Crippen LogP contribution in [-0.4, -0.2) is 9.97 Å². The molecular weight excluding hydrogens is 332 g/mol. The van der Waals surface area contributed by atoms with E-state index in [1.807, 2.05) is 24.5 Å². The molecule has 0 spiro atoms. The third-order valence-electron chi connectivity index (χ3n) is 2.26. The molecule has 2 rings (SSSR count). The first-order valence-electron chi connectivity index (χ1n) is 4.85. The predicted molar refractivity (Wildman–Crippen MR) is 72.7 cm³/mol. The Bertz CT molecular complexity index is 406. The lowest BCUT2D eigenvalue weighted by Gasteiger charge is -2.02. The summed E-state index contributed by atoms with van der Waals surface area (Å²) in [5, 5.41) is 1.57. The van der Waals surface area contributed by atoms with Gasteiger partial charge < -0.3 is 0 Å². The molecule has 0 bridgehead atoms. The molecule has 16 heavy (non-hydrogen) atoms. The van der Waals surface area contributed by atoms with E-state index >= 15 is 0 Å². The van der Waals surface area contributed by atoms with Crippen LogP contribution in [-0.2, 0) is 10.7 Å². The molecule has 0 aliphatic rings. The molecule has 0 amide bonds. The van der Waals surface area contributed by atoms with Gasteiger partial charge in [0, 0.05) is 34.2 Å². The van der Waals surface area contributed by atoms with Crippen molar-refractivity contribution in [1.29, 1.82) is 0 Å². The van der Waals surface area contributed by atoms with Crippen LogP contribution in [0.1, 0.15) is 11.4 Å². The van der Waals surface area contributed by atoms with Crippen molar-refractivity contribution in [3.63, 3.8) is 0 Å². The molecule has 0 unspecified atom stereocenters. The van der Waals surface area contributed by atoms with Crippen molar-refractivity contribution in [2.24, 2.45) is 0 Å². The number of hydrogen-bond acceptors (Lipinski definition) is 2. The normalized spacial score (nSPS) is 10.4. The Kier molecular flexibility index (Phi) is 4.07. The molecular formula is C12H10Br2N2. The van der Waals surface area contributed by atoms with Gasteiger partial charge in [-0.25, -0.2) is 0 Å². The number of pyridine rings is 2. The molecule has 4 heteroatoms. The quantitative estimate of drug-likeness (QED) is 0.790. The summed E-state index contributed by atoms with van der Waals surface area (Å²) in [6.07, 6.45) is 3.75. The first kappa shape index (κ1) is 11.7. The molecule has 2 aromatic rings. The van der Waals surface area contributed by atoms with Crippen LogP contribution in [0.15, 0.2) is 36.7 Å². The number of halogens is 2. The number of alkyl halides is 2. The summed E-state index contributed by atoms with van der Waals surface area (Å²) < 4.78 is 0. The average Bonchev–Trinajstić information content (AvgIpc) is 2.39. The van der Waals surface area contributed by atoms with Gasteiger partial charge in [0.2, 0.25) is 0 Å². The standard InChI is InChI=1S/C12H10Br2N2/c13-5-11-3-1-9(7-15-11)10-2-4-12(6-14)16-8-10/h1-4,7-8H,5-6H2. The maximum atomic E-state index is 4.33. The van der Waals surface area contributed by atoms with Gasteiger partial charge in [0.1, 0.15) is 0 Å². The highest BCUT2D eigenvalue weighted by atomic mass is 79.9. The van der Waals surface area contributed by atoms with Crippen molar-refractivity contribution in [2.75, 3.05) is 0 Å². The summed E-state index contributed by atoms with van der Waals surface area (Å²) in [5.74, 6) is 0. The Morgan fingerprint density at radius 1 is 0.750 bits per heavy atom. The summed E-state index contributed by atoms with van der Waals surface area (Å²) in [6, 6.07) is 8.16. The molecule has 0 aromatic carbocycles. The largest absolute Gasteiger partial charge is 0.260 e. The van der Waals surface area contributed by atoms with Crippen LogP contribution < -0.4 is 0 Å². The second-order valence-electron chi connectivity index (χ2n) is 3.34. The highest BCUT2D eigenvalue weighted by Gasteiger charge is 1.99. The fourth-order valence-corrected chi connectivity index (χ4v) is 2.01. The maximum Gasteiger partial charge on any atom is 0.0509 e. The van der Waals surface area contributed by atoms with E-state index in [1.165, 1.54) is 0 Å². The molecule has 82 valence electrons. The number of nitrogens with zero attached hydrogens (tertiary/aromatic N) is 2. The van der Waals surface area contributed by atoms with Gasteiger partial charge in [-0.1, -0.05) is 44.0 Å². The van der Waals surface area contributed by atoms with E-state index in [0.29, 0.717) is 0 Å². The minimum absolute atomic E-state index is 0.786. The third kappa shape index (κ3) is 2.68. The van der Waals surface area contributed by atoms with Crippen LogP contribution in [0.5, 0.6) is 0 Å².